The van der Waals surface area contributed by atoms with Gasteiger partial charge in [-0.1, -0.05) is 18.2 Å². The lowest BCUT2D eigenvalue weighted by Gasteiger charge is -2.19. The zero-order valence-corrected chi connectivity index (χ0v) is 9.78. The van der Waals surface area contributed by atoms with Gasteiger partial charge in [-0.2, -0.15) is 13.2 Å². The second kappa shape index (κ2) is 5.28. The molecule has 5 heteroatoms. The van der Waals surface area contributed by atoms with Crippen LogP contribution in [0.4, 0.5) is 13.2 Å². The predicted octanol–water partition coefficient (Wildman–Crippen LogP) is 3.17. The first kappa shape index (κ1) is 13.4. The molecule has 0 saturated carbocycles. The van der Waals surface area contributed by atoms with Crippen molar-refractivity contribution in [2.75, 3.05) is 13.2 Å². The molecule has 2 nitrogen and oxygen atoms in total. The van der Waals surface area contributed by atoms with Crippen LogP contribution in [0.5, 0.6) is 0 Å². The van der Waals surface area contributed by atoms with E-state index in [0.717, 1.165) is 12.5 Å². The van der Waals surface area contributed by atoms with E-state index in [0.29, 0.717) is 19.6 Å². The molecule has 1 aliphatic rings. The molecule has 100 valence electrons. The Bertz CT molecular complexity index is 397. The fourth-order valence-corrected chi connectivity index (χ4v) is 2.26. The summed E-state index contributed by atoms with van der Waals surface area (Å²) in [6.45, 7) is 1.14. The summed E-state index contributed by atoms with van der Waals surface area (Å²) in [5, 5.41) is 9.97. The van der Waals surface area contributed by atoms with Crippen molar-refractivity contribution < 1.29 is 23.0 Å². The van der Waals surface area contributed by atoms with Crippen LogP contribution < -0.4 is 0 Å². The molecule has 0 spiro atoms. The van der Waals surface area contributed by atoms with E-state index in [9.17, 15) is 18.3 Å². The SMILES string of the molecule is OC(CC1CCOC1)c1ccccc1C(F)(F)F. The summed E-state index contributed by atoms with van der Waals surface area (Å²) in [4.78, 5) is 0. The van der Waals surface area contributed by atoms with Gasteiger partial charge in [0, 0.05) is 13.2 Å². The van der Waals surface area contributed by atoms with Gasteiger partial charge in [0.05, 0.1) is 11.7 Å². The van der Waals surface area contributed by atoms with Crippen LogP contribution in [0.25, 0.3) is 0 Å². The fourth-order valence-electron chi connectivity index (χ4n) is 2.26. The third-order valence-corrected chi connectivity index (χ3v) is 3.21. The summed E-state index contributed by atoms with van der Waals surface area (Å²) in [5.74, 6) is 0.140. The number of aliphatic hydroxyl groups is 1. The molecular formula is C13H15F3O2. The summed E-state index contributed by atoms with van der Waals surface area (Å²) < 4.78 is 43.5. The summed E-state index contributed by atoms with van der Waals surface area (Å²) >= 11 is 0. The molecule has 2 unspecified atom stereocenters. The van der Waals surface area contributed by atoms with E-state index in [1.54, 1.807) is 0 Å². The second-order valence-corrected chi connectivity index (χ2v) is 4.57. The highest BCUT2D eigenvalue weighted by atomic mass is 19.4. The molecule has 2 rings (SSSR count). The van der Waals surface area contributed by atoms with E-state index in [1.165, 1.54) is 18.2 Å². The van der Waals surface area contributed by atoms with Gasteiger partial charge in [-0.25, -0.2) is 0 Å². The highest BCUT2D eigenvalue weighted by Crippen LogP contribution is 2.36. The molecule has 1 fully saturated rings. The van der Waals surface area contributed by atoms with Crippen LogP contribution in [0.3, 0.4) is 0 Å². The van der Waals surface area contributed by atoms with Crippen molar-refractivity contribution in [3.63, 3.8) is 0 Å². The normalized spacial score (nSPS) is 22.1. The third-order valence-electron chi connectivity index (χ3n) is 3.21. The minimum atomic E-state index is -4.43. The quantitative estimate of drug-likeness (QED) is 0.904. The smallest absolute Gasteiger partial charge is 0.388 e. The largest absolute Gasteiger partial charge is 0.416 e. The fraction of sp³-hybridized carbons (Fsp3) is 0.538. The molecule has 1 aromatic carbocycles. The predicted molar refractivity (Wildman–Crippen MR) is 59.9 cm³/mol. The number of ether oxygens (including phenoxy) is 1. The van der Waals surface area contributed by atoms with Crippen LogP contribution in [0.2, 0.25) is 0 Å². The highest BCUT2D eigenvalue weighted by Gasteiger charge is 2.35. The van der Waals surface area contributed by atoms with E-state index in [1.807, 2.05) is 0 Å². The molecule has 1 aromatic rings. The molecule has 1 N–H and O–H groups in total. The minimum Gasteiger partial charge on any atom is -0.388 e. The Hall–Kier alpha value is -1.07. The van der Waals surface area contributed by atoms with Gasteiger partial charge in [0.2, 0.25) is 0 Å². The molecule has 0 aliphatic carbocycles. The number of benzene rings is 1. The van der Waals surface area contributed by atoms with Crippen molar-refractivity contribution in [1.82, 2.24) is 0 Å². The van der Waals surface area contributed by atoms with E-state index in [-0.39, 0.29) is 11.5 Å². The second-order valence-electron chi connectivity index (χ2n) is 4.57. The van der Waals surface area contributed by atoms with Crippen molar-refractivity contribution in [2.24, 2.45) is 5.92 Å². The number of rotatable bonds is 3. The third kappa shape index (κ3) is 3.03. The van der Waals surface area contributed by atoms with E-state index in [4.69, 9.17) is 4.74 Å². The first-order valence-corrected chi connectivity index (χ1v) is 5.90. The number of alkyl halides is 3. The monoisotopic (exact) mass is 260 g/mol. The molecule has 0 amide bonds. The van der Waals surface area contributed by atoms with Gasteiger partial charge in [-0.15, -0.1) is 0 Å². The Labute approximate surface area is 103 Å². The van der Waals surface area contributed by atoms with Gasteiger partial charge in [0.1, 0.15) is 0 Å². The Balaban J connectivity index is 2.16. The van der Waals surface area contributed by atoms with Gasteiger partial charge < -0.3 is 9.84 Å². The number of aliphatic hydroxyl groups excluding tert-OH is 1. The molecule has 1 aliphatic heterocycles. The van der Waals surface area contributed by atoms with Gasteiger partial charge in [0.25, 0.3) is 0 Å². The maximum absolute atomic E-state index is 12.8. The minimum absolute atomic E-state index is 0.0445. The van der Waals surface area contributed by atoms with Crippen LogP contribution in [-0.2, 0) is 10.9 Å². The average molecular weight is 260 g/mol. The standard InChI is InChI=1S/C13H15F3O2/c14-13(15,16)11-4-2-1-3-10(11)12(17)7-9-5-6-18-8-9/h1-4,9,12,17H,5-8H2. The van der Waals surface area contributed by atoms with Crippen molar-refractivity contribution in [1.29, 1.82) is 0 Å². The summed E-state index contributed by atoms with van der Waals surface area (Å²) in [7, 11) is 0. The Morgan fingerprint density at radius 1 is 1.33 bits per heavy atom. The molecular weight excluding hydrogens is 245 g/mol. The van der Waals surface area contributed by atoms with Crippen LogP contribution in [0, 0.1) is 5.92 Å². The molecule has 0 bridgehead atoms. The zero-order valence-electron chi connectivity index (χ0n) is 9.78. The van der Waals surface area contributed by atoms with E-state index >= 15 is 0 Å². The topological polar surface area (TPSA) is 29.5 Å². The lowest BCUT2D eigenvalue weighted by atomic mass is 9.93. The van der Waals surface area contributed by atoms with E-state index in [2.05, 4.69) is 0 Å². The van der Waals surface area contributed by atoms with Crippen LogP contribution in [0.1, 0.15) is 30.1 Å². The molecule has 1 heterocycles. The lowest BCUT2D eigenvalue weighted by Crippen LogP contribution is -2.14. The zero-order chi connectivity index (χ0) is 13.2. The molecule has 2 atom stereocenters. The molecule has 18 heavy (non-hydrogen) atoms. The van der Waals surface area contributed by atoms with Crippen molar-refractivity contribution >= 4 is 0 Å². The molecule has 0 radical (unpaired) electrons. The van der Waals surface area contributed by atoms with Crippen molar-refractivity contribution in [2.45, 2.75) is 25.1 Å². The highest BCUT2D eigenvalue weighted by molar-refractivity contribution is 5.31. The molecule has 1 saturated heterocycles. The van der Waals surface area contributed by atoms with Crippen molar-refractivity contribution in [3.8, 4) is 0 Å². The Morgan fingerprint density at radius 2 is 2.06 bits per heavy atom. The molecule has 0 aromatic heterocycles. The maximum Gasteiger partial charge on any atom is 0.416 e. The van der Waals surface area contributed by atoms with Gasteiger partial charge in [0.15, 0.2) is 0 Å². The van der Waals surface area contributed by atoms with Gasteiger partial charge >= 0.3 is 6.18 Å². The number of hydrogen-bond acceptors (Lipinski definition) is 2. The van der Waals surface area contributed by atoms with Gasteiger partial charge in [-0.3, -0.25) is 0 Å². The average Bonchev–Trinajstić information content (AvgIpc) is 2.80. The van der Waals surface area contributed by atoms with Crippen molar-refractivity contribution in [3.05, 3.63) is 35.4 Å². The number of hydrogen-bond donors (Lipinski definition) is 1. The van der Waals surface area contributed by atoms with Crippen LogP contribution >= 0.6 is 0 Å². The summed E-state index contributed by atoms with van der Waals surface area (Å²) in [5.41, 5.74) is -0.798. The van der Waals surface area contributed by atoms with Crippen LogP contribution in [-0.4, -0.2) is 18.3 Å². The maximum atomic E-state index is 12.8. The number of halogens is 3. The Kier molecular flexibility index (Phi) is 3.92. The summed E-state index contributed by atoms with van der Waals surface area (Å²) in [6, 6.07) is 5.18. The lowest BCUT2D eigenvalue weighted by molar-refractivity contribution is -0.139. The van der Waals surface area contributed by atoms with E-state index < -0.39 is 17.8 Å². The first-order chi connectivity index (χ1) is 8.48. The first-order valence-electron chi connectivity index (χ1n) is 5.90. The van der Waals surface area contributed by atoms with Gasteiger partial charge in [-0.05, 0) is 30.4 Å². The summed E-state index contributed by atoms with van der Waals surface area (Å²) in [6.07, 6.45) is -4.41. The Morgan fingerprint density at radius 3 is 2.67 bits per heavy atom. The van der Waals surface area contributed by atoms with Crippen LogP contribution in [0.15, 0.2) is 24.3 Å².